The minimum absolute atomic E-state index is 0. The van der Waals surface area contributed by atoms with Crippen molar-refractivity contribution in [1.82, 2.24) is 30.3 Å². The van der Waals surface area contributed by atoms with E-state index in [-0.39, 0.29) is 24.0 Å². The van der Waals surface area contributed by atoms with E-state index in [1.165, 1.54) is 19.4 Å². The van der Waals surface area contributed by atoms with Crippen LogP contribution in [0.15, 0.2) is 29.3 Å². The molecular weight excluding hydrogens is 501 g/mol. The molecule has 1 aliphatic rings. The molecule has 160 valence electrons. The van der Waals surface area contributed by atoms with Crippen molar-refractivity contribution < 1.29 is 0 Å². The third kappa shape index (κ3) is 6.82. The summed E-state index contributed by atoms with van der Waals surface area (Å²) >= 11 is 6.10. The number of likely N-dealkylation sites (N-methyl/N-ethyl adjacent to an activating group) is 1. The Morgan fingerprint density at radius 3 is 2.83 bits per heavy atom. The molecule has 2 aromatic rings. The third-order valence-electron chi connectivity index (χ3n) is 5.32. The molecule has 3 rings (SSSR count). The summed E-state index contributed by atoms with van der Waals surface area (Å²) in [6.07, 6.45) is 2.49. The number of hydrogen-bond acceptors (Lipinski definition) is 4. The minimum Gasteiger partial charge on any atom is -0.355 e. The number of nitrogens with zero attached hydrogens (tertiary/aromatic N) is 5. The second-order valence-corrected chi connectivity index (χ2v) is 7.61. The van der Waals surface area contributed by atoms with Gasteiger partial charge in [0, 0.05) is 24.7 Å². The van der Waals surface area contributed by atoms with Crippen LogP contribution < -0.4 is 10.6 Å². The maximum atomic E-state index is 6.10. The average Bonchev–Trinajstić information content (AvgIpc) is 3.28. The lowest BCUT2D eigenvalue weighted by molar-refractivity contribution is 0.267. The molecule has 0 saturated carbocycles. The summed E-state index contributed by atoms with van der Waals surface area (Å²) in [5.74, 6) is 2.56. The molecule has 1 aromatic heterocycles. The molecule has 0 aliphatic carbocycles. The van der Waals surface area contributed by atoms with Crippen molar-refractivity contribution in [3.63, 3.8) is 0 Å². The van der Waals surface area contributed by atoms with Gasteiger partial charge >= 0.3 is 0 Å². The highest BCUT2D eigenvalue weighted by Gasteiger charge is 2.22. The Balaban J connectivity index is 0.00000300. The first-order valence-electron chi connectivity index (χ1n) is 9.92. The Morgan fingerprint density at radius 1 is 1.31 bits per heavy atom. The fourth-order valence-corrected chi connectivity index (χ4v) is 3.72. The van der Waals surface area contributed by atoms with Gasteiger partial charge in [-0.25, -0.2) is 4.99 Å². The van der Waals surface area contributed by atoms with E-state index in [0.29, 0.717) is 19.1 Å². The molecular formula is C20H31ClIN7. The SMILES string of the molecule is CCN1CCCC1CNC(=NCc1cccc(Cl)c1)NCc1nnc(C)n1C.I. The van der Waals surface area contributed by atoms with E-state index in [0.717, 1.165) is 41.3 Å². The summed E-state index contributed by atoms with van der Waals surface area (Å²) in [6, 6.07) is 8.37. The van der Waals surface area contributed by atoms with Crippen molar-refractivity contribution in [2.45, 2.75) is 45.8 Å². The van der Waals surface area contributed by atoms with Crippen molar-refractivity contribution in [2.75, 3.05) is 19.6 Å². The molecule has 1 unspecified atom stereocenters. The second-order valence-electron chi connectivity index (χ2n) is 7.18. The van der Waals surface area contributed by atoms with Crippen LogP contribution in [-0.4, -0.2) is 51.3 Å². The standard InChI is InChI=1S/C20H30ClN7.HI/c1-4-28-10-6-9-18(28)13-23-20(22-12-16-7-5-8-17(21)11-16)24-14-19-26-25-15(2)27(19)3;/h5,7-8,11,18H,4,6,9-10,12-14H2,1-3H3,(H2,22,23,24);1H. The summed E-state index contributed by atoms with van der Waals surface area (Å²) in [4.78, 5) is 7.28. The molecule has 0 bridgehead atoms. The van der Waals surface area contributed by atoms with Crippen LogP contribution in [0, 0.1) is 6.92 Å². The van der Waals surface area contributed by atoms with E-state index in [4.69, 9.17) is 16.6 Å². The predicted molar refractivity (Wildman–Crippen MR) is 129 cm³/mol. The molecule has 1 saturated heterocycles. The van der Waals surface area contributed by atoms with Crippen molar-refractivity contribution in [3.8, 4) is 0 Å². The molecule has 0 amide bonds. The molecule has 0 radical (unpaired) electrons. The normalized spacial score (nSPS) is 17.2. The van der Waals surface area contributed by atoms with E-state index in [2.05, 4.69) is 32.7 Å². The van der Waals surface area contributed by atoms with Gasteiger partial charge in [0.05, 0.1) is 13.1 Å². The fourth-order valence-electron chi connectivity index (χ4n) is 3.50. The van der Waals surface area contributed by atoms with Crippen LogP contribution in [0.5, 0.6) is 0 Å². The quantitative estimate of drug-likeness (QED) is 0.326. The Labute approximate surface area is 195 Å². The monoisotopic (exact) mass is 531 g/mol. The smallest absolute Gasteiger partial charge is 0.192 e. The number of likely N-dealkylation sites (tertiary alicyclic amines) is 1. The van der Waals surface area contributed by atoms with E-state index >= 15 is 0 Å². The third-order valence-corrected chi connectivity index (χ3v) is 5.55. The fraction of sp³-hybridized carbons (Fsp3) is 0.550. The van der Waals surface area contributed by atoms with Crippen LogP contribution in [-0.2, 0) is 20.1 Å². The lowest BCUT2D eigenvalue weighted by atomic mass is 10.2. The molecule has 7 nitrogen and oxygen atoms in total. The zero-order valence-corrected chi connectivity index (χ0v) is 20.4. The van der Waals surface area contributed by atoms with E-state index in [1.807, 2.05) is 42.8 Å². The van der Waals surface area contributed by atoms with Crippen LogP contribution in [0.25, 0.3) is 0 Å². The van der Waals surface area contributed by atoms with Crippen LogP contribution in [0.2, 0.25) is 5.02 Å². The van der Waals surface area contributed by atoms with Gasteiger partial charge in [0.2, 0.25) is 0 Å². The zero-order chi connectivity index (χ0) is 19.9. The molecule has 29 heavy (non-hydrogen) atoms. The van der Waals surface area contributed by atoms with Gasteiger partial charge in [-0.2, -0.15) is 0 Å². The van der Waals surface area contributed by atoms with Crippen LogP contribution >= 0.6 is 35.6 Å². The zero-order valence-electron chi connectivity index (χ0n) is 17.4. The highest BCUT2D eigenvalue weighted by molar-refractivity contribution is 14.0. The minimum atomic E-state index is 0. The number of aliphatic imine (C=N–C) groups is 1. The van der Waals surface area contributed by atoms with Gasteiger partial charge in [-0.1, -0.05) is 30.7 Å². The number of halogens is 2. The van der Waals surface area contributed by atoms with Crippen LogP contribution in [0.1, 0.15) is 37.0 Å². The number of hydrogen-bond donors (Lipinski definition) is 2. The molecule has 0 spiro atoms. The highest BCUT2D eigenvalue weighted by Crippen LogP contribution is 2.15. The summed E-state index contributed by atoms with van der Waals surface area (Å²) in [6.45, 7) is 8.46. The maximum Gasteiger partial charge on any atom is 0.192 e. The first-order valence-corrected chi connectivity index (χ1v) is 10.3. The molecule has 1 aromatic carbocycles. The largest absolute Gasteiger partial charge is 0.355 e. The van der Waals surface area contributed by atoms with Crippen molar-refractivity contribution in [3.05, 3.63) is 46.5 Å². The number of benzene rings is 1. The second kappa shape index (κ2) is 11.7. The first-order chi connectivity index (χ1) is 13.6. The lowest BCUT2D eigenvalue weighted by Gasteiger charge is -2.24. The number of aromatic nitrogens is 3. The van der Waals surface area contributed by atoms with Crippen molar-refractivity contribution >= 4 is 41.5 Å². The predicted octanol–water partition coefficient (Wildman–Crippen LogP) is 3.11. The lowest BCUT2D eigenvalue weighted by Crippen LogP contribution is -2.44. The van der Waals surface area contributed by atoms with Gasteiger partial charge < -0.3 is 15.2 Å². The number of nitrogens with one attached hydrogen (secondary N) is 2. The summed E-state index contributed by atoms with van der Waals surface area (Å²) in [5.41, 5.74) is 1.08. The summed E-state index contributed by atoms with van der Waals surface area (Å²) in [5, 5.41) is 16.0. The molecule has 2 N–H and O–H groups in total. The first kappa shape index (κ1) is 23.9. The number of guanidine groups is 1. The highest BCUT2D eigenvalue weighted by atomic mass is 127. The summed E-state index contributed by atoms with van der Waals surface area (Å²) in [7, 11) is 1.97. The van der Waals surface area contributed by atoms with Gasteiger partial charge in [-0.05, 0) is 50.6 Å². The average molecular weight is 532 g/mol. The van der Waals surface area contributed by atoms with Crippen LogP contribution in [0.3, 0.4) is 0 Å². The van der Waals surface area contributed by atoms with Crippen molar-refractivity contribution in [2.24, 2.45) is 12.0 Å². The number of rotatable bonds is 7. The van der Waals surface area contributed by atoms with E-state index in [1.54, 1.807) is 0 Å². The topological polar surface area (TPSA) is 70.4 Å². The molecule has 1 aliphatic heterocycles. The van der Waals surface area contributed by atoms with Gasteiger partial charge in [-0.3, -0.25) is 4.90 Å². The van der Waals surface area contributed by atoms with E-state index < -0.39 is 0 Å². The van der Waals surface area contributed by atoms with Gasteiger partial charge in [0.25, 0.3) is 0 Å². The Bertz CT molecular complexity index is 808. The van der Waals surface area contributed by atoms with Crippen LogP contribution in [0.4, 0.5) is 0 Å². The Hall–Kier alpha value is -1.39. The molecule has 1 atom stereocenters. The molecule has 1 fully saturated rings. The van der Waals surface area contributed by atoms with E-state index in [9.17, 15) is 0 Å². The van der Waals surface area contributed by atoms with Gasteiger partial charge in [0.1, 0.15) is 5.82 Å². The van der Waals surface area contributed by atoms with Crippen molar-refractivity contribution in [1.29, 1.82) is 0 Å². The maximum absolute atomic E-state index is 6.10. The molecule has 9 heteroatoms. The van der Waals surface area contributed by atoms with Gasteiger partial charge in [-0.15, -0.1) is 34.2 Å². The Kier molecular flexibility index (Phi) is 9.64. The Morgan fingerprint density at radius 2 is 2.14 bits per heavy atom. The van der Waals surface area contributed by atoms with Gasteiger partial charge in [0.15, 0.2) is 11.8 Å². The number of aryl methyl sites for hydroxylation is 1. The summed E-state index contributed by atoms with van der Waals surface area (Å²) < 4.78 is 1.98. The molecule has 2 heterocycles.